The highest BCUT2D eigenvalue weighted by Gasteiger charge is 2.58. The summed E-state index contributed by atoms with van der Waals surface area (Å²) >= 11 is 0. The van der Waals surface area contributed by atoms with Crippen molar-refractivity contribution in [1.29, 1.82) is 0 Å². The number of ether oxygens (including phenoxy) is 3. The Labute approximate surface area is 261 Å². The highest BCUT2D eigenvalue weighted by atomic mass is 19.1. The predicted octanol–water partition coefficient (Wildman–Crippen LogP) is 5.82. The quantitative estimate of drug-likeness (QED) is 0.297. The Morgan fingerprint density at radius 2 is 1.78 bits per heavy atom. The summed E-state index contributed by atoms with van der Waals surface area (Å²) < 4.78 is 45.8. The molecular formula is C33H41F2N5O5. The first kappa shape index (κ1) is 32.5. The first-order chi connectivity index (χ1) is 21.2. The van der Waals surface area contributed by atoms with Gasteiger partial charge in [-0.3, -0.25) is 14.3 Å². The molecule has 3 aromatic rings. The van der Waals surface area contributed by atoms with E-state index in [0.29, 0.717) is 23.5 Å². The number of fused-ring (bicyclic) bond motifs is 2. The number of alkyl halides is 1. The lowest BCUT2D eigenvalue weighted by Gasteiger charge is -2.51. The zero-order chi connectivity index (χ0) is 32.6. The summed E-state index contributed by atoms with van der Waals surface area (Å²) in [7, 11) is 1.47. The molecule has 1 aromatic carbocycles. The van der Waals surface area contributed by atoms with Crippen LogP contribution in [-0.2, 0) is 22.8 Å². The third-order valence-electron chi connectivity index (χ3n) is 8.64. The maximum absolute atomic E-state index is 15.4. The van der Waals surface area contributed by atoms with Crippen molar-refractivity contribution in [2.24, 2.45) is 0 Å². The van der Waals surface area contributed by atoms with Gasteiger partial charge in [0.05, 0.1) is 11.4 Å². The summed E-state index contributed by atoms with van der Waals surface area (Å²) in [5.41, 5.74) is 0.126. The van der Waals surface area contributed by atoms with Crippen LogP contribution in [0.3, 0.4) is 0 Å². The van der Waals surface area contributed by atoms with E-state index in [1.807, 2.05) is 31.7 Å². The predicted molar refractivity (Wildman–Crippen MR) is 165 cm³/mol. The van der Waals surface area contributed by atoms with Crippen LogP contribution in [0.2, 0.25) is 0 Å². The van der Waals surface area contributed by atoms with Gasteiger partial charge in [0.15, 0.2) is 13.6 Å². The fourth-order valence-corrected chi connectivity index (χ4v) is 6.66. The molecule has 0 radical (unpaired) electrons. The van der Waals surface area contributed by atoms with E-state index in [2.05, 4.69) is 29.4 Å². The number of piperidine rings is 1. The minimum absolute atomic E-state index is 0.0957. The highest BCUT2D eigenvalue weighted by molar-refractivity contribution is 5.75. The lowest BCUT2D eigenvalue weighted by atomic mass is 9.82. The SMILES string of the molecule is COCOc1cc(-c2ccn(CF)c(=O)c2)c(F)cc1-c1ccc(CNC2CC3(C)CCC(C)(C2)N3C(=O)OC(C)(C)C)nn1. The zero-order valence-electron chi connectivity index (χ0n) is 26.7. The molecule has 2 aromatic heterocycles. The van der Waals surface area contributed by atoms with Crippen LogP contribution in [0.4, 0.5) is 13.6 Å². The van der Waals surface area contributed by atoms with Crippen molar-refractivity contribution in [2.45, 2.75) is 96.4 Å². The van der Waals surface area contributed by atoms with Crippen molar-refractivity contribution in [3.05, 3.63) is 64.5 Å². The average molecular weight is 626 g/mol. The second-order valence-electron chi connectivity index (χ2n) is 13.4. The van der Waals surface area contributed by atoms with E-state index >= 15 is 4.39 Å². The zero-order valence-corrected chi connectivity index (χ0v) is 26.7. The molecule has 2 aliphatic heterocycles. The van der Waals surface area contributed by atoms with Crippen molar-refractivity contribution >= 4 is 6.09 Å². The molecule has 0 spiro atoms. The van der Waals surface area contributed by atoms with Gasteiger partial charge < -0.3 is 19.5 Å². The summed E-state index contributed by atoms with van der Waals surface area (Å²) in [6.45, 7) is 9.33. The normalized spacial score (nSPS) is 22.8. The van der Waals surface area contributed by atoms with Gasteiger partial charge in [0.25, 0.3) is 5.56 Å². The van der Waals surface area contributed by atoms with Crippen molar-refractivity contribution < 1.29 is 27.8 Å². The molecule has 12 heteroatoms. The maximum atomic E-state index is 15.4. The van der Waals surface area contributed by atoms with Gasteiger partial charge in [-0.1, -0.05) is 0 Å². The molecular weight excluding hydrogens is 584 g/mol. The summed E-state index contributed by atoms with van der Waals surface area (Å²) in [6, 6.07) is 9.13. The van der Waals surface area contributed by atoms with Crippen LogP contribution in [0.5, 0.6) is 5.75 Å². The number of carbonyl (C=O) groups is 1. The Kier molecular flexibility index (Phi) is 9.01. The molecule has 10 nitrogen and oxygen atoms in total. The maximum Gasteiger partial charge on any atom is 0.411 e. The van der Waals surface area contributed by atoms with Crippen molar-refractivity contribution in [3.63, 3.8) is 0 Å². The third-order valence-corrected chi connectivity index (χ3v) is 8.64. The number of methoxy groups -OCH3 is 1. The van der Waals surface area contributed by atoms with E-state index in [0.717, 1.165) is 30.3 Å². The van der Waals surface area contributed by atoms with Crippen molar-refractivity contribution in [2.75, 3.05) is 13.9 Å². The van der Waals surface area contributed by atoms with Gasteiger partial charge in [-0.25, -0.2) is 13.6 Å². The molecule has 1 N–H and O–H groups in total. The standard InChI is InChI=1S/C33H41F2N5O5/c1-31(2,3)45-30(42)40-32(4)10-11-33(40,5)17-23(16-32)36-18-22-7-8-27(38-37-22)25-14-26(35)24(15-28(25)44-20-43-6)21-9-12-39(19-34)29(41)13-21/h7-9,12-15,23,36H,10-11,16-20H2,1-6H3. The number of amides is 1. The molecule has 0 saturated carbocycles. The van der Waals surface area contributed by atoms with Gasteiger partial charge in [-0.15, -0.1) is 0 Å². The van der Waals surface area contributed by atoms with Crippen LogP contribution in [0.25, 0.3) is 22.4 Å². The molecule has 4 heterocycles. The number of benzene rings is 1. The fraction of sp³-hybridized carbons (Fsp3) is 0.515. The number of hydrogen-bond acceptors (Lipinski definition) is 8. The lowest BCUT2D eigenvalue weighted by Crippen LogP contribution is -2.63. The van der Waals surface area contributed by atoms with E-state index in [9.17, 15) is 14.0 Å². The topological polar surface area (TPSA) is 108 Å². The number of nitrogens with one attached hydrogen (secondary N) is 1. The molecule has 2 aliphatic rings. The molecule has 45 heavy (non-hydrogen) atoms. The van der Waals surface area contributed by atoms with Crippen LogP contribution in [0, 0.1) is 5.82 Å². The minimum atomic E-state index is -0.973. The van der Waals surface area contributed by atoms with Gasteiger partial charge in [-0.05, 0) is 96.2 Å². The molecule has 2 unspecified atom stereocenters. The first-order valence-corrected chi connectivity index (χ1v) is 15.1. The Morgan fingerprint density at radius 1 is 1.07 bits per heavy atom. The third kappa shape index (κ3) is 6.86. The fourth-order valence-electron chi connectivity index (χ4n) is 6.66. The van der Waals surface area contributed by atoms with E-state index in [1.54, 1.807) is 6.07 Å². The summed E-state index contributed by atoms with van der Waals surface area (Å²) in [5, 5.41) is 12.4. The second kappa shape index (κ2) is 12.5. The Balaban J connectivity index is 1.30. The first-order valence-electron chi connectivity index (χ1n) is 15.1. The number of hydrogen-bond donors (Lipinski definition) is 1. The molecule has 2 bridgehead atoms. The van der Waals surface area contributed by atoms with E-state index in [1.165, 1.54) is 37.6 Å². The van der Waals surface area contributed by atoms with Crippen LogP contribution in [0.1, 0.15) is 66.0 Å². The Hall–Kier alpha value is -3.90. The molecule has 2 saturated heterocycles. The Bertz CT molecular complexity index is 1590. The molecule has 1 amide bonds. The van der Waals surface area contributed by atoms with E-state index < -0.39 is 23.8 Å². The van der Waals surface area contributed by atoms with Gasteiger partial charge >= 0.3 is 6.09 Å². The largest absolute Gasteiger partial charge is 0.467 e. The smallest absolute Gasteiger partial charge is 0.411 e. The van der Waals surface area contributed by atoms with Crippen molar-refractivity contribution in [1.82, 2.24) is 25.0 Å². The van der Waals surface area contributed by atoms with Gasteiger partial charge in [0, 0.05) is 54.2 Å². The minimum Gasteiger partial charge on any atom is -0.467 e. The Morgan fingerprint density at radius 3 is 2.36 bits per heavy atom. The molecule has 2 atom stereocenters. The average Bonchev–Trinajstić information content (AvgIpc) is 3.15. The summed E-state index contributed by atoms with van der Waals surface area (Å²) in [5.74, 6) is -0.314. The monoisotopic (exact) mass is 625 g/mol. The molecule has 0 aliphatic carbocycles. The lowest BCUT2D eigenvalue weighted by molar-refractivity contribution is -0.0384. The van der Waals surface area contributed by atoms with Crippen LogP contribution in [0.15, 0.2) is 47.4 Å². The number of carbonyl (C=O) groups excluding carboxylic acids is 1. The van der Waals surface area contributed by atoms with Crippen LogP contribution >= 0.6 is 0 Å². The number of rotatable bonds is 9. The number of halogens is 2. The highest BCUT2D eigenvalue weighted by Crippen LogP contribution is 2.51. The van der Waals surface area contributed by atoms with E-state index in [4.69, 9.17) is 14.2 Å². The number of nitrogens with zero attached hydrogens (tertiary/aromatic N) is 4. The second-order valence-corrected chi connectivity index (χ2v) is 13.4. The molecule has 242 valence electrons. The number of aromatic nitrogens is 3. The van der Waals surface area contributed by atoms with Gasteiger partial charge in [0.2, 0.25) is 0 Å². The van der Waals surface area contributed by atoms with E-state index in [-0.39, 0.29) is 46.9 Å². The van der Waals surface area contributed by atoms with Gasteiger partial charge in [0.1, 0.15) is 17.2 Å². The number of pyridine rings is 1. The van der Waals surface area contributed by atoms with Crippen LogP contribution < -0.4 is 15.6 Å². The van der Waals surface area contributed by atoms with Crippen molar-refractivity contribution in [3.8, 4) is 28.1 Å². The van der Waals surface area contributed by atoms with Crippen LogP contribution in [-0.4, -0.2) is 62.4 Å². The van der Waals surface area contributed by atoms with Gasteiger partial charge in [-0.2, -0.15) is 10.2 Å². The molecule has 2 fully saturated rings. The summed E-state index contributed by atoms with van der Waals surface area (Å²) in [4.78, 5) is 27.3. The summed E-state index contributed by atoms with van der Waals surface area (Å²) in [6.07, 6.45) is 4.43. The molecule has 5 rings (SSSR count).